The summed E-state index contributed by atoms with van der Waals surface area (Å²) in [7, 11) is 2.22. The SMILES string of the molecule is CN1CC[C@@H]2[C@@H](C1)c1cc(Cl)ccc1N2Cc1ccccc1. The average Bonchev–Trinajstić information content (AvgIpc) is 2.81. The van der Waals surface area contributed by atoms with Gasteiger partial charge in [-0.25, -0.2) is 0 Å². The summed E-state index contributed by atoms with van der Waals surface area (Å²) in [6.07, 6.45) is 1.22. The lowest BCUT2D eigenvalue weighted by Crippen LogP contribution is -2.44. The summed E-state index contributed by atoms with van der Waals surface area (Å²) in [4.78, 5) is 5.04. The smallest absolute Gasteiger partial charge is 0.0432 e. The lowest BCUT2D eigenvalue weighted by atomic mass is 9.89. The van der Waals surface area contributed by atoms with Crippen LogP contribution in [-0.2, 0) is 6.54 Å². The minimum atomic E-state index is 0.580. The third kappa shape index (κ3) is 2.41. The van der Waals surface area contributed by atoms with Crippen molar-refractivity contribution < 1.29 is 0 Å². The molecule has 0 N–H and O–H groups in total. The van der Waals surface area contributed by atoms with Crippen molar-refractivity contribution in [3.05, 3.63) is 64.7 Å². The molecule has 0 unspecified atom stereocenters. The molecular formula is C19H21ClN2. The molecule has 0 bridgehead atoms. The summed E-state index contributed by atoms with van der Waals surface area (Å²) in [5.41, 5.74) is 4.18. The van der Waals surface area contributed by atoms with E-state index < -0.39 is 0 Å². The zero-order valence-electron chi connectivity index (χ0n) is 12.9. The number of hydrogen-bond acceptors (Lipinski definition) is 2. The second kappa shape index (κ2) is 5.60. The highest BCUT2D eigenvalue weighted by molar-refractivity contribution is 6.30. The molecule has 114 valence electrons. The number of benzene rings is 2. The van der Waals surface area contributed by atoms with Gasteiger partial charge < -0.3 is 9.80 Å². The Balaban J connectivity index is 1.72. The van der Waals surface area contributed by atoms with Crippen LogP contribution in [0.15, 0.2) is 48.5 Å². The van der Waals surface area contributed by atoms with Crippen LogP contribution in [0.3, 0.4) is 0 Å². The normalized spacial score (nSPS) is 24.2. The van der Waals surface area contributed by atoms with Gasteiger partial charge in [0.25, 0.3) is 0 Å². The fraction of sp³-hybridized carbons (Fsp3) is 0.368. The summed E-state index contributed by atoms with van der Waals surface area (Å²) < 4.78 is 0. The van der Waals surface area contributed by atoms with Crippen molar-refractivity contribution in [3.8, 4) is 0 Å². The summed E-state index contributed by atoms with van der Waals surface area (Å²) in [5.74, 6) is 0.580. The standard InChI is InChI=1S/C19H21ClN2/c1-21-10-9-19-17(13-21)16-11-15(20)7-8-18(16)22(19)12-14-5-3-2-4-6-14/h2-8,11,17,19H,9-10,12-13H2,1H3/t17-,19+/m0/s1. The van der Waals surface area contributed by atoms with Gasteiger partial charge in [0.15, 0.2) is 0 Å². The Morgan fingerprint density at radius 2 is 1.95 bits per heavy atom. The molecule has 2 atom stereocenters. The lowest BCUT2D eigenvalue weighted by molar-refractivity contribution is 0.231. The molecule has 2 aliphatic heterocycles. The maximum Gasteiger partial charge on any atom is 0.0432 e. The van der Waals surface area contributed by atoms with Crippen LogP contribution in [0.5, 0.6) is 0 Å². The summed E-state index contributed by atoms with van der Waals surface area (Å²) in [5, 5.41) is 0.854. The molecule has 0 radical (unpaired) electrons. The molecule has 2 aromatic rings. The Morgan fingerprint density at radius 3 is 2.77 bits per heavy atom. The topological polar surface area (TPSA) is 6.48 Å². The maximum atomic E-state index is 6.27. The molecule has 2 nitrogen and oxygen atoms in total. The van der Waals surface area contributed by atoms with Gasteiger partial charge in [0.05, 0.1) is 0 Å². The van der Waals surface area contributed by atoms with E-state index in [9.17, 15) is 0 Å². The van der Waals surface area contributed by atoms with Crippen LogP contribution in [0.4, 0.5) is 5.69 Å². The number of likely N-dealkylation sites (tertiary alicyclic amines) is 1. The van der Waals surface area contributed by atoms with Crippen molar-refractivity contribution in [1.82, 2.24) is 4.90 Å². The summed E-state index contributed by atoms with van der Waals surface area (Å²) in [6.45, 7) is 3.29. The van der Waals surface area contributed by atoms with Gasteiger partial charge in [-0.2, -0.15) is 0 Å². The molecule has 0 aliphatic carbocycles. The van der Waals surface area contributed by atoms with Gasteiger partial charge in [0, 0.05) is 35.8 Å². The molecule has 0 aromatic heterocycles. The molecule has 0 amide bonds. The molecule has 4 rings (SSSR count). The number of nitrogens with zero attached hydrogens (tertiary/aromatic N) is 2. The molecule has 1 fully saturated rings. The van der Waals surface area contributed by atoms with Gasteiger partial charge in [-0.15, -0.1) is 0 Å². The first-order valence-corrected chi connectivity index (χ1v) is 8.39. The maximum absolute atomic E-state index is 6.27. The fourth-order valence-electron chi connectivity index (χ4n) is 4.03. The van der Waals surface area contributed by atoms with Crippen molar-refractivity contribution in [1.29, 1.82) is 0 Å². The van der Waals surface area contributed by atoms with Crippen molar-refractivity contribution in [2.75, 3.05) is 25.0 Å². The van der Waals surface area contributed by atoms with E-state index in [0.717, 1.165) is 18.1 Å². The van der Waals surface area contributed by atoms with Crippen molar-refractivity contribution in [3.63, 3.8) is 0 Å². The first-order chi connectivity index (χ1) is 10.7. The predicted octanol–water partition coefficient (Wildman–Crippen LogP) is 4.15. The van der Waals surface area contributed by atoms with Crippen LogP contribution in [0.25, 0.3) is 0 Å². The van der Waals surface area contributed by atoms with Gasteiger partial charge in [0.1, 0.15) is 0 Å². The van der Waals surface area contributed by atoms with Gasteiger partial charge >= 0.3 is 0 Å². The number of likely N-dealkylation sites (N-methyl/N-ethyl adjacent to an activating group) is 1. The molecule has 2 heterocycles. The van der Waals surface area contributed by atoms with Gasteiger partial charge in [0.2, 0.25) is 0 Å². The first kappa shape index (κ1) is 14.1. The minimum absolute atomic E-state index is 0.580. The fourth-order valence-corrected chi connectivity index (χ4v) is 4.21. The van der Waals surface area contributed by atoms with E-state index in [2.05, 4.69) is 59.3 Å². The second-order valence-electron chi connectivity index (χ2n) is 6.54. The number of rotatable bonds is 2. The van der Waals surface area contributed by atoms with Crippen LogP contribution in [0, 0.1) is 0 Å². The number of halogens is 1. The Hall–Kier alpha value is -1.51. The summed E-state index contributed by atoms with van der Waals surface area (Å²) in [6, 6.07) is 17.8. The molecule has 2 aromatic carbocycles. The van der Waals surface area contributed by atoms with E-state index in [1.807, 2.05) is 6.07 Å². The van der Waals surface area contributed by atoms with E-state index in [1.54, 1.807) is 0 Å². The summed E-state index contributed by atoms with van der Waals surface area (Å²) >= 11 is 6.27. The monoisotopic (exact) mass is 312 g/mol. The van der Waals surface area contributed by atoms with E-state index in [0.29, 0.717) is 12.0 Å². The van der Waals surface area contributed by atoms with E-state index in [1.165, 1.54) is 29.8 Å². The zero-order valence-corrected chi connectivity index (χ0v) is 13.6. The van der Waals surface area contributed by atoms with Crippen LogP contribution >= 0.6 is 11.6 Å². The molecule has 0 saturated carbocycles. The Morgan fingerprint density at radius 1 is 1.14 bits per heavy atom. The van der Waals surface area contributed by atoms with Crippen LogP contribution < -0.4 is 4.90 Å². The van der Waals surface area contributed by atoms with Gasteiger partial charge in [-0.05, 0) is 49.3 Å². The van der Waals surface area contributed by atoms with Crippen LogP contribution in [-0.4, -0.2) is 31.1 Å². The first-order valence-electron chi connectivity index (χ1n) is 8.01. The van der Waals surface area contributed by atoms with E-state index in [-0.39, 0.29) is 0 Å². The van der Waals surface area contributed by atoms with Crippen LogP contribution in [0.1, 0.15) is 23.5 Å². The predicted molar refractivity (Wildman–Crippen MR) is 92.7 cm³/mol. The number of anilines is 1. The Labute approximate surface area is 137 Å². The highest BCUT2D eigenvalue weighted by atomic mass is 35.5. The van der Waals surface area contributed by atoms with Crippen molar-refractivity contribution in [2.24, 2.45) is 0 Å². The number of hydrogen-bond donors (Lipinski definition) is 0. The van der Waals surface area contributed by atoms with Crippen LogP contribution in [0.2, 0.25) is 5.02 Å². The molecule has 22 heavy (non-hydrogen) atoms. The average molecular weight is 313 g/mol. The van der Waals surface area contributed by atoms with E-state index in [4.69, 9.17) is 11.6 Å². The lowest BCUT2D eigenvalue weighted by Gasteiger charge is -2.37. The van der Waals surface area contributed by atoms with Crippen molar-refractivity contribution in [2.45, 2.75) is 24.9 Å². The quantitative estimate of drug-likeness (QED) is 0.822. The van der Waals surface area contributed by atoms with Crippen molar-refractivity contribution >= 4 is 17.3 Å². The largest absolute Gasteiger partial charge is 0.363 e. The molecule has 1 saturated heterocycles. The van der Waals surface area contributed by atoms with E-state index >= 15 is 0 Å². The molecule has 0 spiro atoms. The number of piperidine rings is 1. The number of fused-ring (bicyclic) bond motifs is 3. The highest BCUT2D eigenvalue weighted by Gasteiger charge is 2.41. The minimum Gasteiger partial charge on any atom is -0.363 e. The molecule has 3 heteroatoms. The second-order valence-corrected chi connectivity index (χ2v) is 6.98. The molecular weight excluding hydrogens is 292 g/mol. The highest BCUT2D eigenvalue weighted by Crippen LogP contribution is 2.46. The Kier molecular flexibility index (Phi) is 3.59. The zero-order chi connectivity index (χ0) is 15.1. The third-order valence-electron chi connectivity index (χ3n) is 5.07. The van der Waals surface area contributed by atoms with Gasteiger partial charge in [-0.1, -0.05) is 41.9 Å². The van der Waals surface area contributed by atoms with Gasteiger partial charge in [-0.3, -0.25) is 0 Å². The molecule has 2 aliphatic rings. The third-order valence-corrected chi connectivity index (χ3v) is 5.31. The Bertz CT molecular complexity index is 670.